The Balaban J connectivity index is 2.75. The molecule has 0 fully saturated rings. The van der Waals surface area contributed by atoms with Crippen molar-refractivity contribution in [2.45, 2.75) is 0 Å². The summed E-state index contributed by atoms with van der Waals surface area (Å²) in [4.78, 5) is 0. The van der Waals surface area contributed by atoms with Crippen LogP contribution in [-0.2, 0) is 0 Å². The van der Waals surface area contributed by atoms with Gasteiger partial charge in [0.15, 0.2) is 17.8 Å². The van der Waals surface area contributed by atoms with E-state index in [0.29, 0.717) is 6.07 Å². The van der Waals surface area contributed by atoms with Crippen LogP contribution < -0.4 is 0 Å². The molecule has 1 aliphatic carbocycles. The minimum Gasteiger partial charge on any atom is -0.230 e. The molecule has 13 heavy (non-hydrogen) atoms. The Hall–Kier alpha value is -1.32. The summed E-state index contributed by atoms with van der Waals surface area (Å²) in [7, 11) is 0. The first-order valence-corrected chi connectivity index (χ1v) is 3.49. The van der Waals surface area contributed by atoms with Gasteiger partial charge in [-0.3, -0.25) is 0 Å². The zero-order valence-electron chi connectivity index (χ0n) is 6.24. The van der Waals surface area contributed by atoms with Gasteiger partial charge in [-0.2, -0.15) is 0 Å². The third-order valence-electron chi connectivity index (χ3n) is 1.84. The van der Waals surface area contributed by atoms with E-state index in [-0.39, 0.29) is 5.56 Å². The Bertz CT molecular complexity index is 395. The van der Waals surface area contributed by atoms with E-state index in [4.69, 9.17) is 0 Å². The molecule has 2 rings (SSSR count). The van der Waals surface area contributed by atoms with E-state index in [0.717, 1.165) is 12.2 Å². The van der Waals surface area contributed by atoms with Crippen molar-refractivity contribution in [1.29, 1.82) is 0 Å². The van der Waals surface area contributed by atoms with Gasteiger partial charge in [0.2, 0.25) is 0 Å². The number of hydrogen-bond acceptors (Lipinski definition) is 0. The highest BCUT2D eigenvalue weighted by Crippen LogP contribution is 2.34. The smallest absolute Gasteiger partial charge is 0.199 e. The summed E-state index contributed by atoms with van der Waals surface area (Å²) in [5, 5.41) is 0. The normalized spacial score (nSPS) is 15.1. The van der Waals surface area contributed by atoms with Gasteiger partial charge in [-0.1, -0.05) is 6.08 Å². The molecule has 67 valence electrons. The highest BCUT2D eigenvalue weighted by molar-refractivity contribution is 5.67. The molecule has 0 heterocycles. The summed E-state index contributed by atoms with van der Waals surface area (Å²) in [5.74, 6) is -3.69. The van der Waals surface area contributed by atoms with Crippen LogP contribution in [0.3, 0.4) is 0 Å². The van der Waals surface area contributed by atoms with Gasteiger partial charge in [0.1, 0.15) is 5.82 Å². The van der Waals surface area contributed by atoms with E-state index in [2.05, 4.69) is 0 Å². The lowest BCUT2D eigenvalue weighted by Gasteiger charge is -2.04. The summed E-state index contributed by atoms with van der Waals surface area (Å²) in [6.07, 6.45) is 1.02. The maximum Gasteiger partial charge on any atom is 0.199 e. The van der Waals surface area contributed by atoms with Crippen LogP contribution in [0.5, 0.6) is 0 Å². The SMILES string of the molecule is F[C]1C=Cc2c(F)cc(F)c(F)c21. The minimum absolute atomic E-state index is 0.239. The lowest BCUT2D eigenvalue weighted by Crippen LogP contribution is -1.99. The Morgan fingerprint density at radius 1 is 0.846 bits per heavy atom. The van der Waals surface area contributed by atoms with Crippen molar-refractivity contribution in [3.8, 4) is 0 Å². The minimum atomic E-state index is -1.38. The fourth-order valence-corrected chi connectivity index (χ4v) is 1.25. The average Bonchev–Trinajstić information content (AvgIpc) is 2.44. The predicted molar refractivity (Wildman–Crippen MR) is 38.8 cm³/mol. The van der Waals surface area contributed by atoms with E-state index in [1.165, 1.54) is 0 Å². The lowest BCUT2D eigenvalue weighted by molar-refractivity contribution is 0.472. The van der Waals surface area contributed by atoms with Crippen LogP contribution in [0.2, 0.25) is 0 Å². The van der Waals surface area contributed by atoms with Gasteiger partial charge in [-0.05, 0) is 6.08 Å². The molecule has 0 spiro atoms. The maximum atomic E-state index is 12.9. The van der Waals surface area contributed by atoms with Gasteiger partial charge < -0.3 is 0 Å². The van der Waals surface area contributed by atoms with Crippen LogP contribution in [0.1, 0.15) is 11.1 Å². The number of halogens is 4. The summed E-state index contributed by atoms with van der Waals surface area (Å²) < 4.78 is 51.1. The molecule has 0 atom stereocenters. The second-order valence-electron chi connectivity index (χ2n) is 2.62. The highest BCUT2D eigenvalue weighted by Gasteiger charge is 2.27. The van der Waals surface area contributed by atoms with Gasteiger partial charge >= 0.3 is 0 Å². The van der Waals surface area contributed by atoms with Crippen LogP contribution in [0.15, 0.2) is 12.1 Å². The van der Waals surface area contributed by atoms with Crippen LogP contribution in [-0.4, -0.2) is 0 Å². The molecule has 0 saturated carbocycles. The fourth-order valence-electron chi connectivity index (χ4n) is 1.25. The zero-order chi connectivity index (χ0) is 9.59. The quantitative estimate of drug-likeness (QED) is 0.432. The first-order valence-electron chi connectivity index (χ1n) is 3.49. The second-order valence-corrected chi connectivity index (χ2v) is 2.62. The van der Waals surface area contributed by atoms with Gasteiger partial charge in [0, 0.05) is 17.2 Å². The number of fused-ring (bicyclic) bond motifs is 1. The molecule has 0 aliphatic heterocycles. The second kappa shape index (κ2) is 2.58. The predicted octanol–water partition coefficient (Wildman–Crippen LogP) is 2.98. The molecule has 1 radical (unpaired) electrons. The molecule has 0 aromatic heterocycles. The average molecular weight is 187 g/mol. The molecule has 0 nitrogen and oxygen atoms in total. The van der Waals surface area contributed by atoms with Crippen molar-refractivity contribution in [2.24, 2.45) is 0 Å². The Morgan fingerprint density at radius 2 is 1.54 bits per heavy atom. The van der Waals surface area contributed by atoms with Gasteiger partial charge in [-0.15, -0.1) is 0 Å². The van der Waals surface area contributed by atoms with Crippen molar-refractivity contribution < 1.29 is 17.6 Å². The number of benzene rings is 1. The summed E-state index contributed by atoms with van der Waals surface area (Å²) >= 11 is 0. The van der Waals surface area contributed by atoms with Crippen molar-refractivity contribution in [2.75, 3.05) is 0 Å². The molecular formula is C9H3F4. The molecule has 0 amide bonds. The van der Waals surface area contributed by atoms with E-state index in [1.54, 1.807) is 0 Å². The summed E-state index contributed by atoms with van der Waals surface area (Å²) in [6.45, 7) is 0. The van der Waals surface area contributed by atoms with Crippen molar-refractivity contribution >= 4 is 6.08 Å². The number of rotatable bonds is 0. The molecule has 1 aromatic carbocycles. The highest BCUT2D eigenvalue weighted by atomic mass is 19.2. The van der Waals surface area contributed by atoms with Gasteiger partial charge in [-0.25, -0.2) is 17.6 Å². The van der Waals surface area contributed by atoms with Crippen molar-refractivity contribution in [1.82, 2.24) is 0 Å². The first-order chi connectivity index (χ1) is 6.11. The van der Waals surface area contributed by atoms with Gasteiger partial charge in [0.25, 0.3) is 0 Å². The van der Waals surface area contributed by atoms with E-state index in [1.807, 2.05) is 0 Å². The van der Waals surface area contributed by atoms with Crippen LogP contribution >= 0.6 is 0 Å². The summed E-state index contributed by atoms with van der Waals surface area (Å²) in [5.41, 5.74) is -0.867. The third-order valence-corrected chi connectivity index (χ3v) is 1.84. The third kappa shape index (κ3) is 1.05. The van der Waals surface area contributed by atoms with E-state index >= 15 is 0 Å². The topological polar surface area (TPSA) is 0 Å². The number of allylic oxidation sites excluding steroid dienone is 1. The Morgan fingerprint density at radius 3 is 2.23 bits per heavy atom. The Kier molecular flexibility index (Phi) is 1.65. The Labute approximate surface area is 71.5 Å². The van der Waals surface area contributed by atoms with Crippen molar-refractivity contribution in [3.05, 3.63) is 46.9 Å². The maximum absolute atomic E-state index is 12.9. The molecular weight excluding hydrogens is 184 g/mol. The van der Waals surface area contributed by atoms with Crippen LogP contribution in [0.4, 0.5) is 17.6 Å². The molecule has 0 N–H and O–H groups in total. The number of hydrogen-bond donors (Lipinski definition) is 0. The summed E-state index contributed by atoms with van der Waals surface area (Å²) in [6, 6.07) is 0.400. The van der Waals surface area contributed by atoms with Crippen molar-refractivity contribution in [3.63, 3.8) is 0 Å². The molecule has 1 aliphatic rings. The standard InChI is InChI=1S/C9H3F4/c10-5-2-1-4-6(11)3-7(12)9(13)8(4)5/h1-3H. The molecule has 0 bridgehead atoms. The largest absolute Gasteiger partial charge is 0.230 e. The van der Waals surface area contributed by atoms with Gasteiger partial charge in [0.05, 0.1) is 0 Å². The fraction of sp³-hybridized carbons (Fsp3) is 0. The first kappa shape index (κ1) is 8.29. The molecule has 1 aromatic rings. The monoisotopic (exact) mass is 187 g/mol. The zero-order valence-corrected chi connectivity index (χ0v) is 6.24. The van der Waals surface area contributed by atoms with E-state index in [9.17, 15) is 17.6 Å². The molecule has 4 heteroatoms. The lowest BCUT2D eigenvalue weighted by atomic mass is 10.1. The van der Waals surface area contributed by atoms with Crippen LogP contribution in [0.25, 0.3) is 6.08 Å². The molecule has 0 saturated heterocycles. The van der Waals surface area contributed by atoms with E-state index < -0.39 is 29.2 Å². The van der Waals surface area contributed by atoms with Crippen LogP contribution in [0, 0.1) is 23.6 Å². The molecule has 0 unspecified atom stereocenters.